The Bertz CT molecular complexity index is 241. The molecular weight excluding hydrogens is 218 g/mol. The molecule has 0 rings (SSSR count). The minimum absolute atomic E-state index is 0.189. The predicted octanol–water partition coefficient (Wildman–Crippen LogP) is 2.27. The van der Waals surface area contributed by atoms with Crippen LogP contribution in [-0.4, -0.2) is 24.5 Å². The number of carbonyl (C=O) groups is 2. The lowest BCUT2D eigenvalue weighted by Gasteiger charge is -2.18. The van der Waals surface area contributed by atoms with Gasteiger partial charge in [0.25, 0.3) is 0 Å². The van der Waals surface area contributed by atoms with Crippen molar-refractivity contribution in [2.75, 3.05) is 6.61 Å². The van der Waals surface area contributed by atoms with E-state index in [0.29, 0.717) is 18.9 Å². The highest BCUT2D eigenvalue weighted by Crippen LogP contribution is 2.14. The van der Waals surface area contributed by atoms with Gasteiger partial charge in [-0.05, 0) is 25.7 Å². The Morgan fingerprint density at radius 1 is 1.18 bits per heavy atom. The second-order valence-corrected chi connectivity index (χ2v) is 4.48. The average molecular weight is 243 g/mol. The van der Waals surface area contributed by atoms with Crippen LogP contribution in [0.15, 0.2) is 0 Å². The first kappa shape index (κ1) is 15.9. The maximum absolute atomic E-state index is 11.6. The Kier molecular flexibility index (Phi) is 8.46. The number of esters is 1. The highest BCUT2D eigenvalue weighted by molar-refractivity contribution is 5.83. The summed E-state index contributed by atoms with van der Waals surface area (Å²) in [6.45, 7) is 7.84. The van der Waals surface area contributed by atoms with Crippen molar-refractivity contribution in [3.63, 3.8) is 0 Å². The van der Waals surface area contributed by atoms with Gasteiger partial charge in [-0.3, -0.25) is 4.79 Å². The number of hydrogen-bond acceptors (Lipinski definition) is 3. The first-order chi connectivity index (χ1) is 8.01. The molecule has 1 N–H and O–H groups in total. The van der Waals surface area contributed by atoms with E-state index >= 15 is 0 Å². The van der Waals surface area contributed by atoms with Crippen LogP contribution in [0.3, 0.4) is 0 Å². The van der Waals surface area contributed by atoms with Crippen LogP contribution in [0.5, 0.6) is 0 Å². The average Bonchev–Trinajstić information content (AvgIpc) is 2.24. The van der Waals surface area contributed by atoms with E-state index in [0.717, 1.165) is 19.3 Å². The zero-order valence-electron chi connectivity index (χ0n) is 11.4. The highest BCUT2D eigenvalue weighted by atomic mass is 16.5. The number of nitrogens with one attached hydrogen (secondary N) is 1. The second kappa shape index (κ2) is 9.02. The molecule has 2 unspecified atom stereocenters. The van der Waals surface area contributed by atoms with Crippen LogP contribution in [-0.2, 0) is 14.3 Å². The minimum Gasteiger partial charge on any atom is -0.464 e. The summed E-state index contributed by atoms with van der Waals surface area (Å²) in [4.78, 5) is 22.6. The molecule has 0 bridgehead atoms. The third-order valence-electron chi connectivity index (χ3n) is 2.68. The summed E-state index contributed by atoms with van der Waals surface area (Å²) >= 11 is 0. The van der Waals surface area contributed by atoms with Gasteiger partial charge in [-0.1, -0.05) is 26.7 Å². The molecule has 0 aliphatic heterocycles. The van der Waals surface area contributed by atoms with Crippen LogP contribution < -0.4 is 5.32 Å². The van der Waals surface area contributed by atoms with Gasteiger partial charge < -0.3 is 10.1 Å². The first-order valence-electron chi connectivity index (χ1n) is 6.44. The van der Waals surface area contributed by atoms with E-state index < -0.39 is 6.04 Å². The number of ether oxygens (including phenoxy) is 1. The van der Waals surface area contributed by atoms with Gasteiger partial charge in [0, 0.05) is 6.92 Å². The fourth-order valence-corrected chi connectivity index (χ4v) is 1.83. The molecule has 0 aromatic rings. The van der Waals surface area contributed by atoms with Crippen LogP contribution in [0.4, 0.5) is 0 Å². The van der Waals surface area contributed by atoms with E-state index in [9.17, 15) is 9.59 Å². The smallest absolute Gasteiger partial charge is 0.328 e. The number of rotatable bonds is 8. The molecule has 2 atom stereocenters. The maximum Gasteiger partial charge on any atom is 0.328 e. The monoisotopic (exact) mass is 243 g/mol. The van der Waals surface area contributed by atoms with Crippen LogP contribution >= 0.6 is 0 Å². The molecule has 4 heteroatoms. The summed E-state index contributed by atoms with van der Waals surface area (Å²) in [6.07, 6.45) is 3.87. The van der Waals surface area contributed by atoms with Gasteiger partial charge in [-0.15, -0.1) is 0 Å². The number of amides is 1. The Hall–Kier alpha value is -1.06. The van der Waals surface area contributed by atoms with Crippen LogP contribution in [0.1, 0.15) is 53.4 Å². The highest BCUT2D eigenvalue weighted by Gasteiger charge is 2.21. The third kappa shape index (κ3) is 7.77. The number of hydrogen-bond donors (Lipinski definition) is 1. The van der Waals surface area contributed by atoms with Gasteiger partial charge in [0.1, 0.15) is 6.04 Å². The molecule has 1 amide bonds. The molecule has 4 nitrogen and oxygen atoms in total. The Labute approximate surface area is 104 Å². The summed E-state index contributed by atoms with van der Waals surface area (Å²) in [5, 5.41) is 2.65. The van der Waals surface area contributed by atoms with Crippen molar-refractivity contribution in [3.8, 4) is 0 Å². The van der Waals surface area contributed by atoms with Crippen molar-refractivity contribution in [2.45, 2.75) is 59.4 Å². The molecule has 0 aromatic heterocycles. The molecule has 0 radical (unpaired) electrons. The lowest BCUT2D eigenvalue weighted by Crippen LogP contribution is -2.41. The van der Waals surface area contributed by atoms with Crippen LogP contribution in [0.25, 0.3) is 0 Å². The molecule has 0 heterocycles. The van der Waals surface area contributed by atoms with E-state index in [1.54, 1.807) is 6.92 Å². The minimum atomic E-state index is -0.494. The maximum atomic E-state index is 11.6. The summed E-state index contributed by atoms with van der Waals surface area (Å²) in [7, 11) is 0. The van der Waals surface area contributed by atoms with Crippen molar-refractivity contribution in [3.05, 3.63) is 0 Å². The fourth-order valence-electron chi connectivity index (χ4n) is 1.83. The van der Waals surface area contributed by atoms with Gasteiger partial charge >= 0.3 is 5.97 Å². The van der Waals surface area contributed by atoms with E-state index in [4.69, 9.17) is 4.74 Å². The topological polar surface area (TPSA) is 55.4 Å². The molecule has 0 saturated heterocycles. The summed E-state index contributed by atoms with van der Waals surface area (Å²) in [6, 6.07) is -0.494. The van der Waals surface area contributed by atoms with Crippen LogP contribution in [0.2, 0.25) is 0 Å². The Balaban J connectivity index is 4.18. The molecule has 0 saturated carbocycles. The standard InChI is InChI=1S/C13H25NO3/c1-5-7-10(3)8-9-12(14-11(4)15)13(16)17-6-2/h10,12H,5-9H2,1-4H3,(H,14,15). The van der Waals surface area contributed by atoms with Crippen molar-refractivity contribution < 1.29 is 14.3 Å². The third-order valence-corrected chi connectivity index (χ3v) is 2.68. The lowest BCUT2D eigenvalue weighted by atomic mass is 9.97. The summed E-state index contributed by atoms with van der Waals surface area (Å²) < 4.78 is 4.94. The van der Waals surface area contributed by atoms with Crippen molar-refractivity contribution in [1.29, 1.82) is 0 Å². The van der Waals surface area contributed by atoms with E-state index in [-0.39, 0.29) is 11.9 Å². The van der Waals surface area contributed by atoms with E-state index in [2.05, 4.69) is 19.2 Å². The van der Waals surface area contributed by atoms with Crippen LogP contribution in [0, 0.1) is 5.92 Å². The van der Waals surface area contributed by atoms with Crippen molar-refractivity contribution in [1.82, 2.24) is 5.32 Å². The predicted molar refractivity (Wildman–Crippen MR) is 67.5 cm³/mol. The van der Waals surface area contributed by atoms with Gasteiger partial charge in [0.2, 0.25) is 5.91 Å². The number of carbonyl (C=O) groups excluding carboxylic acids is 2. The van der Waals surface area contributed by atoms with Gasteiger partial charge in [-0.2, -0.15) is 0 Å². The molecule has 0 aliphatic rings. The van der Waals surface area contributed by atoms with E-state index in [1.165, 1.54) is 6.92 Å². The Morgan fingerprint density at radius 2 is 1.82 bits per heavy atom. The lowest BCUT2D eigenvalue weighted by molar-refractivity contribution is -0.147. The first-order valence-corrected chi connectivity index (χ1v) is 6.44. The van der Waals surface area contributed by atoms with Crippen molar-refractivity contribution in [2.24, 2.45) is 5.92 Å². The second-order valence-electron chi connectivity index (χ2n) is 4.48. The quantitative estimate of drug-likeness (QED) is 0.665. The van der Waals surface area contributed by atoms with Gasteiger partial charge in [-0.25, -0.2) is 4.79 Å². The van der Waals surface area contributed by atoms with E-state index in [1.807, 2.05) is 0 Å². The molecule has 0 spiro atoms. The largest absolute Gasteiger partial charge is 0.464 e. The van der Waals surface area contributed by atoms with Gasteiger partial charge in [0.05, 0.1) is 6.61 Å². The zero-order valence-corrected chi connectivity index (χ0v) is 11.4. The summed E-state index contributed by atoms with van der Waals surface area (Å²) in [5.74, 6) is 0.0586. The molecule has 0 aliphatic carbocycles. The van der Waals surface area contributed by atoms with Gasteiger partial charge in [0.15, 0.2) is 0 Å². The summed E-state index contributed by atoms with van der Waals surface area (Å²) in [5.41, 5.74) is 0. The molecule has 17 heavy (non-hydrogen) atoms. The normalized spacial score (nSPS) is 13.9. The molecule has 0 fully saturated rings. The fraction of sp³-hybridized carbons (Fsp3) is 0.846. The van der Waals surface area contributed by atoms with Crippen molar-refractivity contribution >= 4 is 11.9 Å². The zero-order chi connectivity index (χ0) is 13.3. The molecular formula is C13H25NO3. The SMILES string of the molecule is CCCC(C)CCC(NC(C)=O)C(=O)OCC. The Morgan fingerprint density at radius 3 is 2.29 bits per heavy atom. The molecule has 100 valence electrons. The molecule has 0 aromatic carbocycles.